The first-order valence-corrected chi connectivity index (χ1v) is 5.32. The van der Waals surface area contributed by atoms with E-state index in [1.54, 1.807) is 4.90 Å². The van der Waals surface area contributed by atoms with Gasteiger partial charge in [0.15, 0.2) is 0 Å². The fourth-order valence-corrected chi connectivity index (χ4v) is 1.73. The van der Waals surface area contributed by atoms with Gasteiger partial charge in [-0.1, -0.05) is 0 Å². The fraction of sp³-hybridized carbons (Fsp3) is 0.800. The molecule has 0 unspecified atom stereocenters. The molecule has 86 valence electrons. The number of rotatable bonds is 2. The second kappa shape index (κ2) is 5.00. The van der Waals surface area contributed by atoms with Crippen LogP contribution in [-0.4, -0.2) is 40.6 Å². The van der Waals surface area contributed by atoms with E-state index in [9.17, 15) is 9.59 Å². The van der Waals surface area contributed by atoms with Crippen molar-refractivity contribution in [2.24, 2.45) is 0 Å². The Hall–Kier alpha value is -1.26. The van der Waals surface area contributed by atoms with Crippen molar-refractivity contribution in [3.05, 3.63) is 0 Å². The number of carboxylic acids is 1. The smallest absolute Gasteiger partial charge is 0.325 e. The van der Waals surface area contributed by atoms with E-state index in [1.807, 2.05) is 6.92 Å². The summed E-state index contributed by atoms with van der Waals surface area (Å²) in [4.78, 5) is 24.0. The number of hydrogen-bond donors (Lipinski definition) is 2. The lowest BCUT2D eigenvalue weighted by Gasteiger charge is -2.33. The molecule has 0 radical (unpaired) electrons. The number of nitrogens with one attached hydrogen (secondary N) is 1. The molecule has 1 aliphatic heterocycles. The van der Waals surface area contributed by atoms with Crippen LogP contribution in [0, 0.1) is 0 Å². The van der Waals surface area contributed by atoms with Crippen molar-refractivity contribution in [1.82, 2.24) is 10.2 Å². The maximum atomic E-state index is 11.7. The molecule has 5 nitrogen and oxygen atoms in total. The molecule has 1 saturated heterocycles. The quantitative estimate of drug-likeness (QED) is 0.721. The van der Waals surface area contributed by atoms with Gasteiger partial charge >= 0.3 is 12.0 Å². The molecule has 15 heavy (non-hydrogen) atoms. The number of hydrogen-bond acceptors (Lipinski definition) is 2. The van der Waals surface area contributed by atoms with Crippen LogP contribution in [0.25, 0.3) is 0 Å². The molecule has 1 heterocycles. The summed E-state index contributed by atoms with van der Waals surface area (Å²) in [7, 11) is 0. The van der Waals surface area contributed by atoms with Gasteiger partial charge < -0.3 is 15.3 Å². The summed E-state index contributed by atoms with van der Waals surface area (Å²) in [6.07, 6.45) is 3.13. The lowest BCUT2D eigenvalue weighted by molar-refractivity contribution is -0.138. The number of urea groups is 1. The van der Waals surface area contributed by atoms with Crippen molar-refractivity contribution < 1.29 is 14.7 Å². The second-order valence-corrected chi connectivity index (χ2v) is 4.05. The highest BCUT2D eigenvalue weighted by Crippen LogP contribution is 2.16. The standard InChI is InChI=1S/C10H18N2O3/c1-7-5-3-4-6-12(7)10(15)11-8(2)9(13)14/h7-8H,3-6H2,1-2H3,(H,11,15)(H,13,14)/t7-,8-/m0/s1. The van der Waals surface area contributed by atoms with E-state index in [0.717, 1.165) is 25.8 Å². The van der Waals surface area contributed by atoms with E-state index in [-0.39, 0.29) is 12.1 Å². The van der Waals surface area contributed by atoms with Crippen LogP contribution in [0.15, 0.2) is 0 Å². The summed E-state index contributed by atoms with van der Waals surface area (Å²) in [5, 5.41) is 11.1. The molecule has 0 aliphatic carbocycles. The van der Waals surface area contributed by atoms with E-state index in [2.05, 4.69) is 5.32 Å². The third-order valence-electron chi connectivity index (χ3n) is 2.77. The number of carbonyl (C=O) groups excluding carboxylic acids is 1. The molecule has 0 aromatic rings. The van der Waals surface area contributed by atoms with Crippen molar-refractivity contribution in [2.45, 2.75) is 45.2 Å². The molecule has 0 aromatic heterocycles. The number of carboxylic acid groups (broad SMARTS) is 1. The molecular weight excluding hydrogens is 196 g/mol. The maximum absolute atomic E-state index is 11.7. The summed E-state index contributed by atoms with van der Waals surface area (Å²) in [6.45, 7) is 4.18. The molecule has 2 atom stereocenters. The molecule has 0 aromatic carbocycles. The van der Waals surface area contributed by atoms with Gasteiger partial charge in [-0.05, 0) is 33.1 Å². The van der Waals surface area contributed by atoms with Gasteiger partial charge in [-0.25, -0.2) is 4.79 Å². The topological polar surface area (TPSA) is 69.6 Å². The first-order valence-electron chi connectivity index (χ1n) is 5.32. The minimum absolute atomic E-state index is 0.208. The normalized spacial score (nSPS) is 23.3. The number of likely N-dealkylation sites (tertiary alicyclic amines) is 1. The molecule has 1 aliphatic rings. The fourth-order valence-electron chi connectivity index (χ4n) is 1.73. The molecule has 0 saturated carbocycles. The summed E-state index contributed by atoms with van der Waals surface area (Å²) < 4.78 is 0. The first-order chi connectivity index (χ1) is 7.02. The number of aliphatic carboxylic acids is 1. The van der Waals surface area contributed by atoms with E-state index in [1.165, 1.54) is 6.92 Å². The lowest BCUT2D eigenvalue weighted by atomic mass is 10.0. The number of nitrogens with zero attached hydrogens (tertiary/aromatic N) is 1. The number of amides is 2. The van der Waals surface area contributed by atoms with Crippen LogP contribution in [0.2, 0.25) is 0 Å². The Morgan fingerprint density at radius 1 is 1.47 bits per heavy atom. The van der Waals surface area contributed by atoms with E-state index in [4.69, 9.17) is 5.11 Å². The van der Waals surface area contributed by atoms with Crippen molar-refractivity contribution >= 4 is 12.0 Å². The Morgan fingerprint density at radius 2 is 2.13 bits per heavy atom. The zero-order valence-corrected chi connectivity index (χ0v) is 9.19. The minimum Gasteiger partial charge on any atom is -0.480 e. The Morgan fingerprint density at radius 3 is 2.67 bits per heavy atom. The number of piperidine rings is 1. The van der Waals surface area contributed by atoms with Crippen molar-refractivity contribution in [3.8, 4) is 0 Å². The Bertz CT molecular complexity index is 255. The SMILES string of the molecule is C[C@H](NC(=O)N1CCCC[C@@H]1C)C(=O)O. The molecule has 1 rings (SSSR count). The summed E-state index contributed by atoms with van der Waals surface area (Å²) in [6, 6.07) is -0.886. The van der Waals surface area contributed by atoms with E-state index >= 15 is 0 Å². The van der Waals surface area contributed by atoms with Crippen LogP contribution in [0.1, 0.15) is 33.1 Å². The third kappa shape index (κ3) is 3.11. The van der Waals surface area contributed by atoms with Gasteiger partial charge in [0, 0.05) is 12.6 Å². The average molecular weight is 214 g/mol. The third-order valence-corrected chi connectivity index (χ3v) is 2.77. The van der Waals surface area contributed by atoms with E-state index < -0.39 is 12.0 Å². The van der Waals surface area contributed by atoms with Gasteiger partial charge in [0.1, 0.15) is 6.04 Å². The highest BCUT2D eigenvalue weighted by molar-refractivity contribution is 5.82. The highest BCUT2D eigenvalue weighted by Gasteiger charge is 2.25. The molecule has 2 N–H and O–H groups in total. The molecule has 2 amide bonds. The molecule has 0 bridgehead atoms. The summed E-state index contributed by atoms with van der Waals surface area (Å²) in [5.41, 5.74) is 0. The average Bonchev–Trinajstić information content (AvgIpc) is 2.18. The van der Waals surface area contributed by atoms with Crippen LogP contribution in [-0.2, 0) is 4.79 Å². The van der Waals surface area contributed by atoms with Gasteiger partial charge in [0.25, 0.3) is 0 Å². The van der Waals surface area contributed by atoms with Gasteiger partial charge in [0.05, 0.1) is 0 Å². The Labute approximate surface area is 89.4 Å². The molecular formula is C10H18N2O3. The summed E-state index contributed by atoms with van der Waals surface area (Å²) >= 11 is 0. The zero-order valence-electron chi connectivity index (χ0n) is 9.19. The first kappa shape index (κ1) is 11.8. The van der Waals surface area contributed by atoms with Crippen LogP contribution >= 0.6 is 0 Å². The van der Waals surface area contributed by atoms with Gasteiger partial charge in [0.2, 0.25) is 0 Å². The van der Waals surface area contributed by atoms with Gasteiger partial charge in [-0.2, -0.15) is 0 Å². The maximum Gasteiger partial charge on any atom is 0.325 e. The predicted octanol–water partition coefficient (Wildman–Crippen LogP) is 1.04. The van der Waals surface area contributed by atoms with Crippen LogP contribution in [0.3, 0.4) is 0 Å². The number of carbonyl (C=O) groups is 2. The van der Waals surface area contributed by atoms with Crippen molar-refractivity contribution in [1.29, 1.82) is 0 Å². The van der Waals surface area contributed by atoms with Crippen LogP contribution < -0.4 is 5.32 Å². The second-order valence-electron chi connectivity index (χ2n) is 4.05. The summed E-state index contributed by atoms with van der Waals surface area (Å²) in [5.74, 6) is -1.01. The minimum atomic E-state index is -1.01. The van der Waals surface area contributed by atoms with E-state index in [0.29, 0.717) is 0 Å². The van der Waals surface area contributed by atoms with Crippen molar-refractivity contribution in [3.63, 3.8) is 0 Å². The van der Waals surface area contributed by atoms with Gasteiger partial charge in [-0.3, -0.25) is 4.79 Å². The van der Waals surface area contributed by atoms with Gasteiger partial charge in [-0.15, -0.1) is 0 Å². The van der Waals surface area contributed by atoms with Crippen LogP contribution in [0.4, 0.5) is 4.79 Å². The Kier molecular flexibility index (Phi) is 3.94. The molecule has 1 fully saturated rings. The predicted molar refractivity (Wildman–Crippen MR) is 55.6 cm³/mol. The Balaban J connectivity index is 2.48. The molecule has 0 spiro atoms. The lowest BCUT2D eigenvalue weighted by Crippen LogP contribution is -2.51. The highest BCUT2D eigenvalue weighted by atomic mass is 16.4. The molecule has 5 heteroatoms. The van der Waals surface area contributed by atoms with Crippen molar-refractivity contribution in [2.75, 3.05) is 6.54 Å². The largest absolute Gasteiger partial charge is 0.480 e. The zero-order chi connectivity index (χ0) is 11.4. The van der Waals surface area contributed by atoms with Crippen LogP contribution in [0.5, 0.6) is 0 Å². The monoisotopic (exact) mass is 214 g/mol.